The second kappa shape index (κ2) is 10.3. The minimum atomic E-state index is -0.322. The summed E-state index contributed by atoms with van der Waals surface area (Å²) in [5.41, 5.74) is 9.69. The predicted molar refractivity (Wildman–Crippen MR) is 141 cm³/mol. The van der Waals surface area contributed by atoms with E-state index in [0.29, 0.717) is 47.5 Å². The van der Waals surface area contributed by atoms with Gasteiger partial charge in [0.05, 0.1) is 17.6 Å². The number of anilines is 4. The summed E-state index contributed by atoms with van der Waals surface area (Å²) in [6.07, 6.45) is 3.17. The van der Waals surface area contributed by atoms with Gasteiger partial charge in [-0.2, -0.15) is 4.98 Å². The molecule has 3 heterocycles. The zero-order valence-corrected chi connectivity index (χ0v) is 20.7. The van der Waals surface area contributed by atoms with Gasteiger partial charge in [0.1, 0.15) is 11.3 Å². The number of amides is 1. The highest BCUT2D eigenvalue weighted by molar-refractivity contribution is 5.94. The molecule has 2 aromatic heterocycles. The second-order valence-electron chi connectivity index (χ2n) is 8.98. The van der Waals surface area contributed by atoms with Crippen molar-refractivity contribution < 1.29 is 14.3 Å². The highest BCUT2D eigenvalue weighted by Crippen LogP contribution is 2.27. The lowest BCUT2D eigenvalue weighted by atomic mass is 10.1. The zero-order chi connectivity index (χ0) is 25.9. The number of aryl methyl sites for hydroxylation is 2. The SMILES string of the molecule is Cc1ccc(OCC(=O)Nc2ccccc2N)cc1Nc1ncc2c(n1)n(C1CCOCC1)c(=O)n2C. The first kappa shape index (κ1) is 24.3. The normalized spacial score (nSPS) is 14.0. The van der Waals surface area contributed by atoms with E-state index in [4.69, 9.17) is 15.2 Å². The van der Waals surface area contributed by atoms with E-state index in [9.17, 15) is 9.59 Å². The molecule has 0 spiro atoms. The fourth-order valence-corrected chi connectivity index (χ4v) is 4.36. The Bertz CT molecular complexity index is 1500. The first-order chi connectivity index (χ1) is 17.9. The lowest BCUT2D eigenvalue weighted by Crippen LogP contribution is -2.30. The number of carbonyl (C=O) groups excluding carboxylic acids is 1. The van der Waals surface area contributed by atoms with Crippen LogP contribution in [0.3, 0.4) is 0 Å². The van der Waals surface area contributed by atoms with E-state index >= 15 is 0 Å². The number of imidazole rings is 1. The van der Waals surface area contributed by atoms with Crippen LogP contribution in [0.2, 0.25) is 0 Å². The van der Waals surface area contributed by atoms with Crippen molar-refractivity contribution in [2.24, 2.45) is 7.05 Å². The molecule has 5 rings (SSSR count). The summed E-state index contributed by atoms with van der Waals surface area (Å²) in [6, 6.07) is 12.5. The number of aromatic nitrogens is 4. The number of benzene rings is 2. The maximum absolute atomic E-state index is 13.0. The van der Waals surface area contributed by atoms with Crippen molar-refractivity contribution in [1.29, 1.82) is 0 Å². The molecule has 4 aromatic rings. The first-order valence-electron chi connectivity index (χ1n) is 12.1. The Hall–Kier alpha value is -4.38. The third-order valence-corrected chi connectivity index (χ3v) is 6.45. The Balaban J connectivity index is 1.33. The number of rotatable bonds is 7. The average Bonchev–Trinajstić information content (AvgIpc) is 3.15. The van der Waals surface area contributed by atoms with Gasteiger partial charge in [-0.25, -0.2) is 9.78 Å². The third kappa shape index (κ3) is 5.12. The van der Waals surface area contributed by atoms with Gasteiger partial charge < -0.3 is 25.8 Å². The van der Waals surface area contributed by atoms with Crippen molar-refractivity contribution in [2.45, 2.75) is 25.8 Å². The number of hydrogen-bond donors (Lipinski definition) is 3. The fourth-order valence-electron chi connectivity index (χ4n) is 4.36. The lowest BCUT2D eigenvalue weighted by molar-refractivity contribution is -0.118. The van der Waals surface area contributed by atoms with Gasteiger partial charge in [0, 0.05) is 38.1 Å². The number of ether oxygens (including phenoxy) is 2. The zero-order valence-electron chi connectivity index (χ0n) is 20.7. The van der Waals surface area contributed by atoms with Gasteiger partial charge >= 0.3 is 5.69 Å². The molecular formula is C26H29N7O4. The molecule has 1 amide bonds. The Morgan fingerprint density at radius 1 is 1.19 bits per heavy atom. The summed E-state index contributed by atoms with van der Waals surface area (Å²) in [5, 5.41) is 5.97. The molecule has 4 N–H and O–H groups in total. The van der Waals surface area contributed by atoms with Crippen LogP contribution in [0.25, 0.3) is 11.2 Å². The molecule has 0 bridgehead atoms. The minimum absolute atomic E-state index is 0.0311. The Kier molecular flexibility index (Phi) is 6.78. The van der Waals surface area contributed by atoms with Crippen LogP contribution in [0.1, 0.15) is 24.4 Å². The predicted octanol–water partition coefficient (Wildman–Crippen LogP) is 3.13. The second-order valence-corrected chi connectivity index (χ2v) is 8.98. The van der Waals surface area contributed by atoms with E-state index in [1.807, 2.05) is 13.0 Å². The Morgan fingerprint density at radius 2 is 1.97 bits per heavy atom. The molecule has 1 saturated heterocycles. The molecule has 11 heteroatoms. The van der Waals surface area contributed by atoms with E-state index in [1.54, 1.807) is 58.8 Å². The number of nitrogens with zero attached hydrogens (tertiary/aromatic N) is 4. The van der Waals surface area contributed by atoms with E-state index in [0.717, 1.165) is 24.1 Å². The van der Waals surface area contributed by atoms with Gasteiger partial charge in [-0.05, 0) is 43.5 Å². The van der Waals surface area contributed by atoms with Gasteiger partial charge in [-0.1, -0.05) is 18.2 Å². The lowest BCUT2D eigenvalue weighted by Gasteiger charge is -2.22. The van der Waals surface area contributed by atoms with Gasteiger partial charge in [0.2, 0.25) is 5.95 Å². The minimum Gasteiger partial charge on any atom is -0.484 e. The van der Waals surface area contributed by atoms with Gasteiger partial charge in [-0.3, -0.25) is 13.9 Å². The van der Waals surface area contributed by atoms with E-state index in [1.165, 1.54) is 0 Å². The molecule has 1 aliphatic rings. The number of para-hydroxylation sites is 2. The summed E-state index contributed by atoms with van der Waals surface area (Å²) >= 11 is 0. The smallest absolute Gasteiger partial charge is 0.330 e. The summed E-state index contributed by atoms with van der Waals surface area (Å²) in [6.45, 7) is 3.00. The van der Waals surface area contributed by atoms with Gasteiger partial charge in [-0.15, -0.1) is 0 Å². The van der Waals surface area contributed by atoms with Crippen LogP contribution < -0.4 is 26.8 Å². The number of fused-ring (bicyclic) bond motifs is 1. The summed E-state index contributed by atoms with van der Waals surface area (Å²) in [4.78, 5) is 34.4. The Labute approximate surface area is 213 Å². The maximum Gasteiger partial charge on any atom is 0.330 e. The topological polar surface area (TPSA) is 138 Å². The van der Waals surface area contributed by atoms with Crippen molar-refractivity contribution in [3.05, 3.63) is 64.7 Å². The third-order valence-electron chi connectivity index (χ3n) is 6.45. The van der Waals surface area contributed by atoms with Crippen molar-refractivity contribution >= 4 is 40.1 Å². The van der Waals surface area contributed by atoms with Crippen molar-refractivity contribution in [1.82, 2.24) is 19.1 Å². The first-order valence-corrected chi connectivity index (χ1v) is 12.1. The monoisotopic (exact) mass is 503 g/mol. The van der Waals surface area contributed by atoms with Crippen LogP contribution in [-0.4, -0.2) is 44.8 Å². The van der Waals surface area contributed by atoms with Crippen LogP contribution in [-0.2, 0) is 16.6 Å². The van der Waals surface area contributed by atoms with Crippen LogP contribution in [0.4, 0.5) is 23.0 Å². The molecule has 0 aliphatic carbocycles. The number of nitrogens with two attached hydrogens (primary N) is 1. The quantitative estimate of drug-likeness (QED) is 0.327. The largest absolute Gasteiger partial charge is 0.484 e. The fraction of sp³-hybridized carbons (Fsp3) is 0.308. The summed E-state index contributed by atoms with van der Waals surface area (Å²) < 4.78 is 14.5. The molecule has 0 unspecified atom stereocenters. The molecule has 37 heavy (non-hydrogen) atoms. The molecular weight excluding hydrogens is 474 g/mol. The average molecular weight is 504 g/mol. The number of carbonyl (C=O) groups is 1. The molecule has 2 aromatic carbocycles. The standard InChI is InChI=1S/C26H29N7O4/c1-16-7-8-18(37-15-23(34)29-20-6-4-3-5-19(20)27)13-21(16)30-25-28-14-22-24(31-25)33(26(35)32(22)2)17-9-11-36-12-10-17/h3-8,13-14,17H,9-12,15,27H2,1-2H3,(H,29,34)(H,28,30,31). The van der Waals surface area contributed by atoms with Gasteiger partial charge in [0.15, 0.2) is 12.3 Å². The molecule has 1 aliphatic heterocycles. The molecule has 0 saturated carbocycles. The van der Waals surface area contributed by atoms with E-state index in [2.05, 4.69) is 20.6 Å². The Morgan fingerprint density at radius 3 is 2.76 bits per heavy atom. The highest BCUT2D eigenvalue weighted by Gasteiger charge is 2.23. The molecule has 192 valence electrons. The highest BCUT2D eigenvalue weighted by atomic mass is 16.5. The van der Waals surface area contributed by atoms with Crippen LogP contribution in [0, 0.1) is 6.92 Å². The van der Waals surface area contributed by atoms with Gasteiger partial charge in [0.25, 0.3) is 5.91 Å². The van der Waals surface area contributed by atoms with Crippen LogP contribution >= 0.6 is 0 Å². The van der Waals surface area contributed by atoms with Crippen molar-refractivity contribution in [3.8, 4) is 5.75 Å². The maximum atomic E-state index is 13.0. The molecule has 0 radical (unpaired) electrons. The number of nitrogens with one attached hydrogen (secondary N) is 2. The number of hydrogen-bond acceptors (Lipinski definition) is 8. The van der Waals surface area contributed by atoms with Crippen LogP contribution in [0.5, 0.6) is 5.75 Å². The molecule has 1 fully saturated rings. The van der Waals surface area contributed by atoms with E-state index < -0.39 is 0 Å². The molecule has 0 atom stereocenters. The van der Waals surface area contributed by atoms with Crippen LogP contribution in [0.15, 0.2) is 53.5 Å². The number of nitrogen functional groups attached to an aromatic ring is 1. The van der Waals surface area contributed by atoms with Crippen molar-refractivity contribution in [3.63, 3.8) is 0 Å². The van der Waals surface area contributed by atoms with E-state index in [-0.39, 0.29) is 24.2 Å². The molecule has 11 nitrogen and oxygen atoms in total. The summed E-state index contributed by atoms with van der Waals surface area (Å²) in [7, 11) is 1.73. The summed E-state index contributed by atoms with van der Waals surface area (Å²) in [5.74, 6) is 0.539. The van der Waals surface area contributed by atoms with Crippen molar-refractivity contribution in [2.75, 3.05) is 36.2 Å².